The summed E-state index contributed by atoms with van der Waals surface area (Å²) in [6.07, 6.45) is 3.55. The van der Waals surface area contributed by atoms with Crippen molar-refractivity contribution in [2.75, 3.05) is 13.2 Å². The molecule has 1 aliphatic heterocycles. The second kappa shape index (κ2) is 11.3. The molecule has 0 saturated carbocycles. The Morgan fingerprint density at radius 1 is 1.02 bits per heavy atom. The van der Waals surface area contributed by atoms with Gasteiger partial charge in [0, 0.05) is 28.5 Å². The summed E-state index contributed by atoms with van der Waals surface area (Å²) in [6, 6.07) is 13.7. The summed E-state index contributed by atoms with van der Waals surface area (Å²) in [5, 5.41) is 6.86. The van der Waals surface area contributed by atoms with Crippen LogP contribution in [0.1, 0.15) is 65.2 Å². The number of thioether (sulfide) groups is 1. The lowest BCUT2D eigenvalue weighted by atomic mass is 9.78. The van der Waals surface area contributed by atoms with Crippen LogP contribution >= 0.6 is 11.8 Å². The van der Waals surface area contributed by atoms with Crippen molar-refractivity contribution in [3.63, 3.8) is 0 Å². The number of nitrogens with one attached hydrogen (secondary N) is 1. The number of nitrogens with zero attached hydrogens (tertiary/aromatic N) is 2. The van der Waals surface area contributed by atoms with Gasteiger partial charge in [-0.15, -0.1) is 0 Å². The molecule has 0 atom stereocenters. The molecule has 1 aromatic heterocycles. The van der Waals surface area contributed by atoms with E-state index in [-0.39, 0.29) is 24.0 Å². The molecule has 0 radical (unpaired) electrons. The molecular formula is C31H35N3O5S. The van der Waals surface area contributed by atoms with Crippen LogP contribution in [0.5, 0.6) is 5.75 Å². The van der Waals surface area contributed by atoms with Crippen molar-refractivity contribution in [2.24, 2.45) is 0 Å². The molecule has 9 heteroatoms. The van der Waals surface area contributed by atoms with Crippen LogP contribution in [0, 0.1) is 0 Å². The molecule has 1 fully saturated rings. The Balaban J connectivity index is 1.94. The summed E-state index contributed by atoms with van der Waals surface area (Å²) in [5.41, 5.74) is 4.17. The van der Waals surface area contributed by atoms with Crippen LogP contribution in [0.25, 0.3) is 23.0 Å². The van der Waals surface area contributed by atoms with Gasteiger partial charge in [-0.05, 0) is 59.9 Å². The zero-order valence-corrected chi connectivity index (χ0v) is 24.8. The minimum absolute atomic E-state index is 0.195. The number of para-hydroxylation sites is 1. The highest BCUT2D eigenvalue weighted by Crippen LogP contribution is 2.43. The van der Waals surface area contributed by atoms with Crippen molar-refractivity contribution in [3.05, 3.63) is 70.3 Å². The lowest BCUT2D eigenvalue weighted by molar-refractivity contribution is -0.145. The number of esters is 1. The molecule has 0 spiro atoms. The monoisotopic (exact) mass is 561 g/mol. The van der Waals surface area contributed by atoms with Crippen molar-refractivity contribution in [2.45, 2.75) is 59.3 Å². The quantitative estimate of drug-likeness (QED) is 0.263. The molecular weight excluding hydrogens is 526 g/mol. The molecule has 210 valence electrons. The van der Waals surface area contributed by atoms with Crippen LogP contribution in [0.15, 0.2) is 53.6 Å². The van der Waals surface area contributed by atoms with Gasteiger partial charge < -0.3 is 9.47 Å². The maximum atomic E-state index is 12.4. The third-order valence-electron chi connectivity index (χ3n) is 6.31. The van der Waals surface area contributed by atoms with Crippen LogP contribution in [-0.2, 0) is 25.2 Å². The SMILES string of the molecule is CCOC(=O)COc1c(C(C)(C)C)cc(-c2nn(-c3ccccc3)cc2/C=C2\SC(=O)NC2=O)cc1C(C)(C)C. The Labute approximate surface area is 239 Å². The molecule has 40 heavy (non-hydrogen) atoms. The van der Waals surface area contributed by atoms with Gasteiger partial charge in [0.05, 0.1) is 17.2 Å². The van der Waals surface area contributed by atoms with Crippen LogP contribution < -0.4 is 10.1 Å². The van der Waals surface area contributed by atoms with Crippen molar-refractivity contribution >= 4 is 35.0 Å². The zero-order valence-electron chi connectivity index (χ0n) is 24.0. The average molecular weight is 562 g/mol. The van der Waals surface area contributed by atoms with E-state index >= 15 is 0 Å². The maximum absolute atomic E-state index is 12.4. The van der Waals surface area contributed by atoms with Gasteiger partial charge >= 0.3 is 5.97 Å². The predicted octanol–water partition coefficient (Wildman–Crippen LogP) is 6.40. The number of aromatic nitrogens is 2. The van der Waals surface area contributed by atoms with E-state index in [9.17, 15) is 14.4 Å². The van der Waals surface area contributed by atoms with Crippen LogP contribution in [0.2, 0.25) is 0 Å². The van der Waals surface area contributed by atoms with Gasteiger partial charge in [-0.25, -0.2) is 9.48 Å². The molecule has 3 aromatic rings. The minimum atomic E-state index is -0.429. The molecule has 2 amide bonds. The summed E-state index contributed by atoms with van der Waals surface area (Å²) in [4.78, 5) is 36.8. The highest BCUT2D eigenvalue weighted by Gasteiger charge is 2.30. The fraction of sp³-hybridized carbons (Fsp3) is 0.355. The smallest absolute Gasteiger partial charge is 0.344 e. The number of hydrogen-bond acceptors (Lipinski definition) is 7. The fourth-order valence-corrected chi connectivity index (χ4v) is 5.03. The van der Waals surface area contributed by atoms with Gasteiger partial charge in [0.2, 0.25) is 0 Å². The highest BCUT2D eigenvalue weighted by molar-refractivity contribution is 8.18. The summed E-state index contributed by atoms with van der Waals surface area (Å²) in [7, 11) is 0. The van der Waals surface area contributed by atoms with Gasteiger partial charge in [0.1, 0.15) is 11.4 Å². The third-order valence-corrected chi connectivity index (χ3v) is 7.12. The summed E-state index contributed by atoms with van der Waals surface area (Å²) in [5.74, 6) is -0.207. The second-order valence-electron chi connectivity index (χ2n) is 11.6. The number of ether oxygens (including phenoxy) is 2. The van der Waals surface area contributed by atoms with E-state index in [2.05, 4.69) is 46.9 Å². The highest BCUT2D eigenvalue weighted by atomic mass is 32.2. The van der Waals surface area contributed by atoms with E-state index in [0.717, 1.165) is 34.1 Å². The fourth-order valence-electron chi connectivity index (χ4n) is 4.36. The van der Waals surface area contributed by atoms with Gasteiger partial charge in [-0.2, -0.15) is 5.10 Å². The first-order valence-electron chi connectivity index (χ1n) is 13.2. The third kappa shape index (κ3) is 6.47. The lowest BCUT2D eigenvalue weighted by Crippen LogP contribution is -2.23. The Morgan fingerprint density at radius 3 is 2.17 bits per heavy atom. The number of carbonyl (C=O) groups excluding carboxylic acids is 3. The standard InChI is InChI=1S/C31H35N3O5S/c1-8-38-25(35)18-39-27-22(30(2,3)4)14-19(15-23(27)31(5,6)7)26-20(16-24-28(36)32-29(37)40-24)17-34(33-26)21-12-10-9-11-13-21/h9-17H,8,18H2,1-7H3,(H,32,36,37)/b24-16-. The topological polar surface area (TPSA) is 99.5 Å². The molecule has 0 bridgehead atoms. The molecule has 4 rings (SSSR count). The zero-order chi connectivity index (χ0) is 29.2. The first kappa shape index (κ1) is 29.1. The van der Waals surface area contributed by atoms with E-state index in [1.54, 1.807) is 17.7 Å². The minimum Gasteiger partial charge on any atom is -0.481 e. The summed E-state index contributed by atoms with van der Waals surface area (Å²) >= 11 is 0.869. The normalized spacial score (nSPS) is 14.9. The number of benzene rings is 2. The molecule has 8 nitrogen and oxygen atoms in total. The predicted molar refractivity (Wildman–Crippen MR) is 158 cm³/mol. The van der Waals surface area contributed by atoms with Crippen molar-refractivity contribution < 1.29 is 23.9 Å². The molecule has 1 aliphatic rings. The van der Waals surface area contributed by atoms with Gasteiger partial charge in [0.25, 0.3) is 11.1 Å². The Bertz CT molecular complexity index is 1440. The molecule has 2 heterocycles. The number of hydrogen-bond donors (Lipinski definition) is 1. The summed E-state index contributed by atoms with van der Waals surface area (Å²) in [6.45, 7) is 14.4. The first-order valence-corrected chi connectivity index (χ1v) is 14.0. The van der Waals surface area contributed by atoms with Gasteiger partial charge in [-0.1, -0.05) is 59.7 Å². The maximum Gasteiger partial charge on any atom is 0.344 e. The molecule has 1 saturated heterocycles. The van der Waals surface area contributed by atoms with Crippen molar-refractivity contribution in [1.82, 2.24) is 15.1 Å². The van der Waals surface area contributed by atoms with Crippen molar-refractivity contribution in [1.29, 1.82) is 0 Å². The Kier molecular flexibility index (Phi) is 8.25. The van der Waals surface area contributed by atoms with E-state index in [1.165, 1.54) is 0 Å². The van der Waals surface area contributed by atoms with Crippen LogP contribution in [-0.4, -0.2) is 40.1 Å². The van der Waals surface area contributed by atoms with Gasteiger partial charge in [0.15, 0.2) is 6.61 Å². The van der Waals surface area contributed by atoms with E-state index < -0.39 is 17.1 Å². The van der Waals surface area contributed by atoms with E-state index in [0.29, 0.717) is 21.9 Å². The largest absolute Gasteiger partial charge is 0.481 e. The second-order valence-corrected chi connectivity index (χ2v) is 12.6. The number of amides is 2. The average Bonchev–Trinajstić information content (AvgIpc) is 3.44. The number of rotatable bonds is 7. The summed E-state index contributed by atoms with van der Waals surface area (Å²) < 4.78 is 13.0. The van der Waals surface area contributed by atoms with E-state index in [1.807, 2.05) is 48.7 Å². The van der Waals surface area contributed by atoms with E-state index in [4.69, 9.17) is 14.6 Å². The Hall–Kier alpha value is -3.85. The molecule has 0 unspecified atom stereocenters. The lowest BCUT2D eigenvalue weighted by Gasteiger charge is -2.30. The van der Waals surface area contributed by atoms with Gasteiger partial charge in [-0.3, -0.25) is 14.9 Å². The molecule has 2 aromatic carbocycles. The van der Waals surface area contributed by atoms with Crippen LogP contribution in [0.4, 0.5) is 4.79 Å². The number of imide groups is 1. The first-order chi connectivity index (χ1) is 18.8. The van der Waals surface area contributed by atoms with Crippen LogP contribution in [0.3, 0.4) is 0 Å². The number of carbonyl (C=O) groups is 3. The molecule has 0 aliphatic carbocycles. The molecule has 1 N–H and O–H groups in total. The van der Waals surface area contributed by atoms with Crippen molar-refractivity contribution in [3.8, 4) is 22.7 Å². The Morgan fingerprint density at radius 2 is 1.65 bits per heavy atom.